The maximum absolute atomic E-state index is 13.8. The molecule has 1 aromatic heterocycles. The highest BCUT2D eigenvalue weighted by Gasteiger charge is 2.21. The van der Waals surface area contributed by atoms with Crippen LogP contribution in [0.25, 0.3) is 11.5 Å². The van der Waals surface area contributed by atoms with Crippen molar-refractivity contribution in [3.63, 3.8) is 0 Å². The number of aromatic nitrogens is 1. The van der Waals surface area contributed by atoms with Gasteiger partial charge in [0.05, 0.1) is 5.69 Å². The second-order valence-corrected chi connectivity index (χ2v) is 6.08. The Labute approximate surface area is 129 Å². The van der Waals surface area contributed by atoms with E-state index in [1.807, 2.05) is 0 Å². The van der Waals surface area contributed by atoms with Crippen molar-refractivity contribution < 1.29 is 13.2 Å². The van der Waals surface area contributed by atoms with Crippen molar-refractivity contribution in [2.45, 2.75) is 33.2 Å². The maximum Gasteiger partial charge on any atom is 0.232 e. The fourth-order valence-corrected chi connectivity index (χ4v) is 2.82. The minimum absolute atomic E-state index is 0.0217. The van der Waals surface area contributed by atoms with Crippen molar-refractivity contribution in [3.8, 4) is 11.5 Å². The number of nitrogens with zero attached hydrogens (tertiary/aromatic N) is 2. The predicted octanol–water partition coefficient (Wildman–Crippen LogP) is 4.16. The highest BCUT2D eigenvalue weighted by molar-refractivity contribution is 5.55. The molecule has 0 bridgehead atoms. The van der Waals surface area contributed by atoms with Gasteiger partial charge in [0.25, 0.3) is 0 Å². The molecule has 3 nitrogen and oxygen atoms in total. The van der Waals surface area contributed by atoms with E-state index in [9.17, 15) is 8.78 Å². The Kier molecular flexibility index (Phi) is 4.25. The standard InChI is InChI=1S/C17H20F2N2O/c1-11-6-8-21(9-7-11)10-15-12(2)22-17(20-15)16-13(18)4-3-5-14(16)19/h3-5,11H,6-10H2,1-2H3. The van der Waals surface area contributed by atoms with Crippen molar-refractivity contribution in [1.82, 2.24) is 9.88 Å². The van der Waals surface area contributed by atoms with E-state index in [4.69, 9.17) is 4.42 Å². The molecule has 0 spiro atoms. The lowest BCUT2D eigenvalue weighted by atomic mass is 9.99. The highest BCUT2D eigenvalue weighted by atomic mass is 19.1. The number of halogens is 2. The molecular weight excluding hydrogens is 286 g/mol. The van der Waals surface area contributed by atoms with Gasteiger partial charge in [-0.2, -0.15) is 0 Å². The molecule has 5 heteroatoms. The molecule has 0 N–H and O–H groups in total. The van der Waals surface area contributed by atoms with Gasteiger partial charge in [0.2, 0.25) is 5.89 Å². The molecule has 0 saturated carbocycles. The highest BCUT2D eigenvalue weighted by Crippen LogP contribution is 2.28. The van der Waals surface area contributed by atoms with Gasteiger partial charge in [-0.05, 0) is 50.9 Å². The normalized spacial score (nSPS) is 17.1. The molecule has 0 unspecified atom stereocenters. The molecule has 1 aliphatic heterocycles. The first kappa shape index (κ1) is 15.2. The Morgan fingerprint density at radius 2 is 1.86 bits per heavy atom. The van der Waals surface area contributed by atoms with Crippen LogP contribution in [0, 0.1) is 24.5 Å². The van der Waals surface area contributed by atoms with E-state index < -0.39 is 11.6 Å². The summed E-state index contributed by atoms with van der Waals surface area (Å²) in [6, 6.07) is 3.76. The van der Waals surface area contributed by atoms with E-state index >= 15 is 0 Å². The van der Waals surface area contributed by atoms with Crippen LogP contribution in [0.3, 0.4) is 0 Å². The van der Waals surface area contributed by atoms with Gasteiger partial charge < -0.3 is 4.42 Å². The fourth-order valence-electron chi connectivity index (χ4n) is 2.82. The van der Waals surface area contributed by atoms with Crippen LogP contribution in [0.2, 0.25) is 0 Å². The number of benzene rings is 1. The second-order valence-electron chi connectivity index (χ2n) is 6.08. The summed E-state index contributed by atoms with van der Waals surface area (Å²) in [7, 11) is 0. The number of hydrogen-bond acceptors (Lipinski definition) is 3. The van der Waals surface area contributed by atoms with Crippen LogP contribution in [0.1, 0.15) is 31.2 Å². The molecule has 2 heterocycles. The minimum atomic E-state index is -0.653. The van der Waals surface area contributed by atoms with Crippen LogP contribution in [-0.2, 0) is 6.54 Å². The van der Waals surface area contributed by atoms with E-state index in [2.05, 4.69) is 16.8 Å². The fraction of sp³-hybridized carbons (Fsp3) is 0.471. The zero-order chi connectivity index (χ0) is 15.7. The lowest BCUT2D eigenvalue weighted by molar-refractivity contribution is 0.183. The summed E-state index contributed by atoms with van der Waals surface area (Å²) >= 11 is 0. The second kappa shape index (κ2) is 6.16. The number of piperidine rings is 1. The summed E-state index contributed by atoms with van der Waals surface area (Å²) in [6.07, 6.45) is 2.34. The molecule has 22 heavy (non-hydrogen) atoms. The summed E-state index contributed by atoms with van der Waals surface area (Å²) in [5.41, 5.74) is 0.566. The quantitative estimate of drug-likeness (QED) is 0.852. The molecule has 1 aliphatic rings. The Bertz CT molecular complexity index is 640. The zero-order valence-electron chi connectivity index (χ0n) is 12.9. The summed E-state index contributed by atoms with van der Waals surface area (Å²) in [4.78, 5) is 6.64. The van der Waals surface area contributed by atoms with Gasteiger partial charge in [-0.15, -0.1) is 0 Å². The molecule has 0 atom stereocenters. The number of hydrogen-bond donors (Lipinski definition) is 0. The Morgan fingerprint density at radius 1 is 1.23 bits per heavy atom. The summed E-state index contributed by atoms with van der Waals surface area (Å²) in [5, 5.41) is 0. The van der Waals surface area contributed by atoms with E-state index in [0.717, 1.165) is 24.7 Å². The van der Waals surface area contributed by atoms with Gasteiger partial charge in [0, 0.05) is 6.54 Å². The summed E-state index contributed by atoms with van der Waals surface area (Å²) in [5.74, 6) is 0.0988. The first-order valence-corrected chi connectivity index (χ1v) is 7.67. The van der Waals surface area contributed by atoms with Gasteiger partial charge in [0.1, 0.15) is 23.0 Å². The van der Waals surface area contributed by atoms with E-state index in [1.165, 1.54) is 31.0 Å². The van der Waals surface area contributed by atoms with E-state index in [0.29, 0.717) is 12.3 Å². The third kappa shape index (κ3) is 3.04. The van der Waals surface area contributed by atoms with Crippen LogP contribution >= 0.6 is 0 Å². The van der Waals surface area contributed by atoms with E-state index in [1.54, 1.807) is 6.92 Å². The molecule has 1 saturated heterocycles. The van der Waals surface area contributed by atoms with Gasteiger partial charge in [0.15, 0.2) is 0 Å². The number of oxazole rings is 1. The molecule has 3 rings (SSSR count). The van der Waals surface area contributed by atoms with Gasteiger partial charge in [-0.25, -0.2) is 13.8 Å². The van der Waals surface area contributed by atoms with Crippen LogP contribution in [-0.4, -0.2) is 23.0 Å². The van der Waals surface area contributed by atoms with Crippen molar-refractivity contribution in [2.75, 3.05) is 13.1 Å². The van der Waals surface area contributed by atoms with Crippen LogP contribution in [0.5, 0.6) is 0 Å². The van der Waals surface area contributed by atoms with Gasteiger partial charge in [-0.1, -0.05) is 13.0 Å². The van der Waals surface area contributed by atoms with Crippen molar-refractivity contribution >= 4 is 0 Å². The molecule has 0 radical (unpaired) electrons. The lowest BCUT2D eigenvalue weighted by Gasteiger charge is -2.29. The van der Waals surface area contributed by atoms with Gasteiger partial charge >= 0.3 is 0 Å². The Hall–Kier alpha value is -1.75. The number of aryl methyl sites for hydroxylation is 1. The Balaban J connectivity index is 1.82. The lowest BCUT2D eigenvalue weighted by Crippen LogP contribution is -2.32. The van der Waals surface area contributed by atoms with E-state index in [-0.39, 0.29) is 11.5 Å². The van der Waals surface area contributed by atoms with Gasteiger partial charge in [-0.3, -0.25) is 4.90 Å². The number of rotatable bonds is 3. The average molecular weight is 306 g/mol. The van der Waals surface area contributed by atoms with Crippen LogP contribution in [0.15, 0.2) is 22.6 Å². The van der Waals surface area contributed by atoms with Crippen molar-refractivity contribution in [1.29, 1.82) is 0 Å². The SMILES string of the molecule is Cc1oc(-c2c(F)cccc2F)nc1CN1CCC(C)CC1. The third-order valence-electron chi connectivity index (χ3n) is 4.32. The topological polar surface area (TPSA) is 29.3 Å². The molecule has 118 valence electrons. The molecular formula is C17H20F2N2O. The summed E-state index contributed by atoms with van der Waals surface area (Å²) < 4.78 is 33.2. The van der Waals surface area contributed by atoms with Crippen molar-refractivity contribution in [2.24, 2.45) is 5.92 Å². The smallest absolute Gasteiger partial charge is 0.232 e. The largest absolute Gasteiger partial charge is 0.441 e. The molecule has 1 fully saturated rings. The first-order chi connectivity index (χ1) is 10.5. The first-order valence-electron chi connectivity index (χ1n) is 7.67. The molecule has 0 aliphatic carbocycles. The van der Waals surface area contributed by atoms with Crippen LogP contribution < -0.4 is 0 Å². The summed E-state index contributed by atoms with van der Waals surface area (Å²) in [6.45, 7) is 6.76. The average Bonchev–Trinajstić information content (AvgIpc) is 2.82. The molecule has 1 aromatic carbocycles. The molecule has 2 aromatic rings. The molecule has 0 amide bonds. The van der Waals surface area contributed by atoms with Crippen molar-refractivity contribution in [3.05, 3.63) is 41.3 Å². The number of likely N-dealkylation sites (tertiary alicyclic amines) is 1. The predicted molar refractivity (Wildman–Crippen MR) is 80.3 cm³/mol. The maximum atomic E-state index is 13.8. The van der Waals surface area contributed by atoms with Crippen LogP contribution in [0.4, 0.5) is 8.78 Å². The minimum Gasteiger partial charge on any atom is -0.441 e. The Morgan fingerprint density at radius 3 is 2.50 bits per heavy atom. The monoisotopic (exact) mass is 306 g/mol. The third-order valence-corrected chi connectivity index (χ3v) is 4.32. The zero-order valence-corrected chi connectivity index (χ0v) is 12.9.